The summed E-state index contributed by atoms with van der Waals surface area (Å²) in [5, 5.41) is 2.04. The number of carbonyl (C=O) groups excluding carboxylic acids is 1. The van der Waals surface area contributed by atoms with Gasteiger partial charge in [0.2, 0.25) is 0 Å². The van der Waals surface area contributed by atoms with Gasteiger partial charge in [0.05, 0.1) is 12.6 Å². The van der Waals surface area contributed by atoms with Crippen LogP contribution in [0.5, 0.6) is 0 Å². The predicted octanol–water partition coefficient (Wildman–Crippen LogP) is 3.26. The highest BCUT2D eigenvalue weighted by Crippen LogP contribution is 2.34. The number of aryl methyl sites for hydroxylation is 1. The molecule has 0 aliphatic carbocycles. The van der Waals surface area contributed by atoms with Crippen molar-refractivity contribution in [1.29, 1.82) is 0 Å². The van der Waals surface area contributed by atoms with Gasteiger partial charge in [0.25, 0.3) is 0 Å². The van der Waals surface area contributed by atoms with E-state index in [9.17, 15) is 4.79 Å². The zero-order valence-corrected chi connectivity index (χ0v) is 13.6. The molecule has 2 N–H and O–H groups in total. The van der Waals surface area contributed by atoms with E-state index in [1.54, 1.807) is 18.3 Å². The number of ether oxygens (including phenoxy) is 1. The quantitative estimate of drug-likeness (QED) is 0.861. The molecule has 0 saturated carbocycles. The highest BCUT2D eigenvalue weighted by atomic mass is 32.1. The minimum Gasteiger partial charge on any atom is -0.461 e. The van der Waals surface area contributed by atoms with Gasteiger partial charge < -0.3 is 15.0 Å². The summed E-state index contributed by atoms with van der Waals surface area (Å²) in [7, 11) is 0. The van der Waals surface area contributed by atoms with Crippen molar-refractivity contribution in [2.75, 3.05) is 12.3 Å². The van der Waals surface area contributed by atoms with Crippen LogP contribution in [0.3, 0.4) is 0 Å². The van der Waals surface area contributed by atoms with Crippen LogP contribution >= 0.6 is 11.3 Å². The number of carbonyl (C=O) groups is 1. The number of esters is 1. The van der Waals surface area contributed by atoms with Gasteiger partial charge in [-0.05, 0) is 31.2 Å². The summed E-state index contributed by atoms with van der Waals surface area (Å²) in [6, 6.07) is 4.17. The number of nitrogens with zero attached hydrogens (tertiary/aromatic N) is 2. The van der Waals surface area contributed by atoms with Gasteiger partial charge in [-0.1, -0.05) is 19.9 Å². The summed E-state index contributed by atoms with van der Waals surface area (Å²) < 4.78 is 6.95. The van der Waals surface area contributed by atoms with Gasteiger partial charge in [-0.15, -0.1) is 11.3 Å². The normalized spacial score (nSPS) is 12.6. The van der Waals surface area contributed by atoms with E-state index in [0.717, 1.165) is 5.82 Å². The third-order valence-corrected chi connectivity index (χ3v) is 4.28. The third kappa shape index (κ3) is 2.95. The maximum absolute atomic E-state index is 11.9. The molecule has 0 saturated heterocycles. The lowest BCUT2D eigenvalue weighted by atomic mass is 10.0. The minimum atomic E-state index is -0.467. The molecule has 0 fully saturated rings. The Morgan fingerprint density at radius 1 is 1.52 bits per heavy atom. The molecule has 6 heteroatoms. The highest BCUT2D eigenvalue weighted by molar-refractivity contribution is 7.10. The van der Waals surface area contributed by atoms with Crippen LogP contribution in [0.25, 0.3) is 0 Å². The van der Waals surface area contributed by atoms with E-state index in [1.807, 2.05) is 22.9 Å². The van der Waals surface area contributed by atoms with E-state index in [4.69, 9.17) is 10.5 Å². The van der Waals surface area contributed by atoms with Crippen molar-refractivity contribution in [3.63, 3.8) is 0 Å². The van der Waals surface area contributed by atoms with Crippen LogP contribution in [-0.2, 0) is 4.74 Å². The first-order chi connectivity index (χ1) is 9.97. The van der Waals surface area contributed by atoms with Crippen molar-refractivity contribution in [3.8, 4) is 0 Å². The van der Waals surface area contributed by atoms with Crippen LogP contribution in [0, 0.1) is 12.8 Å². The smallest absolute Gasteiger partial charge is 0.360 e. The summed E-state index contributed by atoms with van der Waals surface area (Å²) in [6.45, 7) is 8.20. The molecule has 5 nitrogen and oxygen atoms in total. The Hall–Kier alpha value is -1.82. The predicted molar refractivity (Wildman–Crippen MR) is 84.6 cm³/mol. The highest BCUT2D eigenvalue weighted by Gasteiger charge is 2.27. The molecule has 0 aliphatic heterocycles. The summed E-state index contributed by atoms with van der Waals surface area (Å²) >= 11 is 1.68. The largest absolute Gasteiger partial charge is 0.461 e. The summed E-state index contributed by atoms with van der Waals surface area (Å²) in [5.74, 6) is 0.958. The summed E-state index contributed by atoms with van der Waals surface area (Å²) in [5.41, 5.74) is 6.39. The van der Waals surface area contributed by atoms with Crippen LogP contribution < -0.4 is 5.73 Å². The number of thiophene rings is 1. The molecule has 2 aromatic rings. The maximum Gasteiger partial charge on any atom is 0.360 e. The Kier molecular flexibility index (Phi) is 4.67. The van der Waals surface area contributed by atoms with Gasteiger partial charge in [0.1, 0.15) is 11.6 Å². The van der Waals surface area contributed by atoms with E-state index in [-0.39, 0.29) is 11.7 Å². The minimum absolute atomic E-state index is 0.0701. The van der Waals surface area contributed by atoms with Crippen molar-refractivity contribution in [1.82, 2.24) is 9.55 Å². The standard InChI is InChI=1S/C15H21N3O2S/c1-5-20-15(19)12-14(16)18(10(4)17-12)13(9(2)3)11-7-6-8-21-11/h6-9,13H,5,16H2,1-4H3. The monoisotopic (exact) mass is 307 g/mol. The molecule has 2 aromatic heterocycles. The molecule has 114 valence electrons. The third-order valence-electron chi connectivity index (χ3n) is 3.34. The molecular weight excluding hydrogens is 286 g/mol. The fraction of sp³-hybridized carbons (Fsp3) is 0.467. The molecule has 2 rings (SSSR count). The van der Waals surface area contributed by atoms with E-state index < -0.39 is 5.97 Å². The molecule has 0 aromatic carbocycles. The van der Waals surface area contributed by atoms with Gasteiger partial charge in [0.15, 0.2) is 5.69 Å². The van der Waals surface area contributed by atoms with Crippen LogP contribution in [0.2, 0.25) is 0 Å². The van der Waals surface area contributed by atoms with Crippen molar-refractivity contribution >= 4 is 23.1 Å². The molecule has 21 heavy (non-hydrogen) atoms. The van der Waals surface area contributed by atoms with E-state index in [0.29, 0.717) is 18.3 Å². The van der Waals surface area contributed by atoms with Crippen molar-refractivity contribution in [2.24, 2.45) is 5.92 Å². The Labute approximate surface area is 128 Å². The van der Waals surface area contributed by atoms with Crippen molar-refractivity contribution in [2.45, 2.75) is 33.7 Å². The number of imidazole rings is 1. The molecule has 0 spiro atoms. The fourth-order valence-electron chi connectivity index (χ4n) is 2.48. The van der Waals surface area contributed by atoms with Crippen LogP contribution in [0.4, 0.5) is 5.82 Å². The summed E-state index contributed by atoms with van der Waals surface area (Å²) in [4.78, 5) is 17.4. The van der Waals surface area contributed by atoms with Gasteiger partial charge in [-0.2, -0.15) is 0 Å². The lowest BCUT2D eigenvalue weighted by Gasteiger charge is -2.24. The summed E-state index contributed by atoms with van der Waals surface area (Å²) in [6.07, 6.45) is 0. The number of rotatable bonds is 5. The Bertz CT molecular complexity index is 617. The first-order valence-corrected chi connectivity index (χ1v) is 7.90. The molecule has 2 heterocycles. The zero-order chi connectivity index (χ0) is 15.6. The zero-order valence-electron chi connectivity index (χ0n) is 12.8. The lowest BCUT2D eigenvalue weighted by Crippen LogP contribution is -2.19. The van der Waals surface area contributed by atoms with Crippen LogP contribution in [0.1, 0.15) is 48.0 Å². The van der Waals surface area contributed by atoms with E-state index in [1.165, 1.54) is 4.88 Å². The number of anilines is 1. The fourth-order valence-corrected chi connectivity index (χ4v) is 3.46. The second-order valence-corrected chi connectivity index (χ2v) is 6.17. The van der Waals surface area contributed by atoms with E-state index in [2.05, 4.69) is 24.9 Å². The van der Waals surface area contributed by atoms with Crippen molar-refractivity contribution in [3.05, 3.63) is 33.9 Å². The number of hydrogen-bond donors (Lipinski definition) is 1. The SMILES string of the molecule is CCOC(=O)c1nc(C)n(C(c2cccs2)C(C)C)c1N. The average molecular weight is 307 g/mol. The Morgan fingerprint density at radius 2 is 2.24 bits per heavy atom. The number of nitrogen functional groups attached to an aromatic ring is 1. The maximum atomic E-state index is 11.9. The molecular formula is C15H21N3O2S. The first kappa shape index (κ1) is 15.6. The van der Waals surface area contributed by atoms with Gasteiger partial charge in [0, 0.05) is 4.88 Å². The number of aromatic nitrogens is 2. The first-order valence-electron chi connectivity index (χ1n) is 7.02. The van der Waals surface area contributed by atoms with Crippen LogP contribution in [-0.4, -0.2) is 22.1 Å². The van der Waals surface area contributed by atoms with Gasteiger partial charge in [-0.25, -0.2) is 9.78 Å². The second-order valence-electron chi connectivity index (χ2n) is 5.19. The number of nitrogens with two attached hydrogens (primary N) is 1. The Morgan fingerprint density at radius 3 is 2.76 bits per heavy atom. The molecule has 0 amide bonds. The molecule has 0 aliphatic rings. The lowest BCUT2D eigenvalue weighted by molar-refractivity contribution is 0.0521. The Balaban J connectivity index is 2.50. The molecule has 0 radical (unpaired) electrons. The molecule has 1 unspecified atom stereocenters. The van der Waals surface area contributed by atoms with Crippen LogP contribution in [0.15, 0.2) is 17.5 Å². The molecule has 0 bridgehead atoms. The second kappa shape index (κ2) is 6.30. The topological polar surface area (TPSA) is 70.1 Å². The van der Waals surface area contributed by atoms with E-state index >= 15 is 0 Å². The van der Waals surface area contributed by atoms with Gasteiger partial charge >= 0.3 is 5.97 Å². The molecule has 1 atom stereocenters. The average Bonchev–Trinajstić information content (AvgIpc) is 3.02. The number of hydrogen-bond acceptors (Lipinski definition) is 5. The van der Waals surface area contributed by atoms with Crippen molar-refractivity contribution < 1.29 is 9.53 Å². The van der Waals surface area contributed by atoms with Gasteiger partial charge in [-0.3, -0.25) is 0 Å².